The van der Waals surface area contributed by atoms with Gasteiger partial charge in [0.05, 0.1) is 23.6 Å². The van der Waals surface area contributed by atoms with E-state index in [1.165, 1.54) is 22.7 Å². The molecule has 8 nitrogen and oxygen atoms in total. The van der Waals surface area contributed by atoms with Crippen molar-refractivity contribution in [3.8, 4) is 11.3 Å². The van der Waals surface area contributed by atoms with E-state index < -0.39 is 15.9 Å². The lowest BCUT2D eigenvalue weighted by atomic mass is 10.1. The third kappa shape index (κ3) is 5.07. The zero-order valence-electron chi connectivity index (χ0n) is 18.5. The molecule has 2 heterocycles. The minimum Gasteiger partial charge on any atom is -0.312 e. The number of aromatic nitrogens is 1. The maximum Gasteiger partial charge on any atom is 0.231 e. The number of nitrogens with zero attached hydrogens (tertiary/aromatic N) is 3. The number of aryl methyl sites for hydroxylation is 1. The van der Waals surface area contributed by atoms with E-state index in [2.05, 4.69) is 10.3 Å². The number of thiazole rings is 1. The third-order valence-corrected chi connectivity index (χ3v) is 7.56. The van der Waals surface area contributed by atoms with Gasteiger partial charge in [0.15, 0.2) is 5.13 Å². The first-order valence-electron chi connectivity index (χ1n) is 10.3. The van der Waals surface area contributed by atoms with Crippen molar-refractivity contribution < 1.29 is 18.0 Å². The number of hydrogen-bond donors (Lipinski definition) is 1. The van der Waals surface area contributed by atoms with Crippen LogP contribution in [-0.4, -0.2) is 45.1 Å². The maximum atomic E-state index is 12.8. The molecule has 1 saturated heterocycles. The third-order valence-electron chi connectivity index (χ3n) is 5.60. The van der Waals surface area contributed by atoms with Gasteiger partial charge < -0.3 is 10.2 Å². The van der Waals surface area contributed by atoms with Crippen LogP contribution in [0.5, 0.6) is 0 Å². The molecule has 2 amide bonds. The fourth-order valence-electron chi connectivity index (χ4n) is 3.56. The predicted octanol–water partition coefficient (Wildman–Crippen LogP) is 3.51. The van der Waals surface area contributed by atoms with Crippen LogP contribution in [0, 0.1) is 12.8 Å². The van der Waals surface area contributed by atoms with Gasteiger partial charge in [-0.15, -0.1) is 11.3 Å². The summed E-state index contributed by atoms with van der Waals surface area (Å²) in [5, 5.41) is 5.10. The number of amides is 2. The second-order valence-corrected chi connectivity index (χ2v) is 10.9. The van der Waals surface area contributed by atoms with E-state index in [9.17, 15) is 18.0 Å². The van der Waals surface area contributed by atoms with Crippen LogP contribution in [0.2, 0.25) is 0 Å². The summed E-state index contributed by atoms with van der Waals surface area (Å²) in [7, 11) is -1.84. The van der Waals surface area contributed by atoms with Gasteiger partial charge in [0.1, 0.15) is 0 Å². The summed E-state index contributed by atoms with van der Waals surface area (Å²) in [5.41, 5.74) is 3.93. The minimum atomic E-state index is -3.33. The highest BCUT2D eigenvalue weighted by Gasteiger charge is 2.35. The second kappa shape index (κ2) is 8.95. The number of carbonyl (C=O) groups is 2. The topological polar surface area (TPSA) is 99.7 Å². The van der Waals surface area contributed by atoms with Crippen molar-refractivity contribution in [2.24, 2.45) is 5.92 Å². The molecular formula is C23H24N4O4S2. The van der Waals surface area contributed by atoms with Crippen molar-refractivity contribution in [1.29, 1.82) is 0 Å². The van der Waals surface area contributed by atoms with Gasteiger partial charge in [-0.05, 0) is 31.2 Å². The summed E-state index contributed by atoms with van der Waals surface area (Å²) in [5.74, 6) is -0.751. The van der Waals surface area contributed by atoms with Crippen LogP contribution in [0.3, 0.4) is 0 Å². The molecule has 2 aromatic carbocycles. The van der Waals surface area contributed by atoms with Gasteiger partial charge in [-0.3, -0.25) is 13.9 Å². The Morgan fingerprint density at radius 3 is 2.45 bits per heavy atom. The highest BCUT2D eigenvalue weighted by molar-refractivity contribution is 7.92. The molecule has 0 radical (unpaired) electrons. The molecular weight excluding hydrogens is 460 g/mol. The Morgan fingerprint density at radius 2 is 1.82 bits per heavy atom. The number of anilines is 3. The van der Waals surface area contributed by atoms with Crippen LogP contribution in [0.1, 0.15) is 12.0 Å². The number of sulfonamides is 1. The Kier molecular flexibility index (Phi) is 6.22. The quantitative estimate of drug-likeness (QED) is 0.577. The lowest BCUT2D eigenvalue weighted by Crippen LogP contribution is -2.28. The Hall–Kier alpha value is -3.24. The van der Waals surface area contributed by atoms with Crippen molar-refractivity contribution >= 4 is 49.7 Å². The van der Waals surface area contributed by atoms with Crippen LogP contribution in [0.15, 0.2) is 53.9 Å². The SMILES string of the molecule is Cc1ccc(N2C[C@@H](C(=O)Nc3nc(-c4ccc(N(C)S(C)(=O)=O)cc4)cs3)CC2=O)cc1. The molecule has 1 aliphatic heterocycles. The second-order valence-electron chi connectivity index (χ2n) is 8.05. The summed E-state index contributed by atoms with van der Waals surface area (Å²) >= 11 is 1.30. The molecule has 0 saturated carbocycles. The highest BCUT2D eigenvalue weighted by Crippen LogP contribution is 2.29. The van der Waals surface area contributed by atoms with E-state index in [4.69, 9.17) is 0 Å². The van der Waals surface area contributed by atoms with Gasteiger partial charge in [0, 0.05) is 36.6 Å². The van der Waals surface area contributed by atoms with Crippen LogP contribution < -0.4 is 14.5 Å². The molecule has 3 aromatic rings. The zero-order chi connectivity index (χ0) is 23.8. The Bertz CT molecular complexity index is 1280. The molecule has 0 bridgehead atoms. The molecule has 0 aliphatic carbocycles. The van der Waals surface area contributed by atoms with E-state index in [0.29, 0.717) is 23.1 Å². The highest BCUT2D eigenvalue weighted by atomic mass is 32.2. The van der Waals surface area contributed by atoms with Crippen molar-refractivity contribution in [1.82, 2.24) is 4.98 Å². The molecule has 10 heteroatoms. The summed E-state index contributed by atoms with van der Waals surface area (Å²) in [6.45, 7) is 2.32. The van der Waals surface area contributed by atoms with Crippen LogP contribution in [-0.2, 0) is 19.6 Å². The molecule has 0 unspecified atom stereocenters. The molecule has 1 aromatic heterocycles. The maximum absolute atomic E-state index is 12.8. The van der Waals surface area contributed by atoms with Crippen molar-refractivity contribution in [2.75, 3.05) is 34.4 Å². The molecule has 33 heavy (non-hydrogen) atoms. The first kappa shape index (κ1) is 22.9. The number of nitrogens with one attached hydrogen (secondary N) is 1. The molecule has 4 rings (SSSR count). The summed E-state index contributed by atoms with van der Waals surface area (Å²) in [6, 6.07) is 14.6. The van der Waals surface area contributed by atoms with E-state index >= 15 is 0 Å². The zero-order valence-corrected chi connectivity index (χ0v) is 20.1. The average molecular weight is 485 g/mol. The normalized spacial score (nSPS) is 16.2. The lowest BCUT2D eigenvalue weighted by molar-refractivity contribution is -0.122. The summed E-state index contributed by atoms with van der Waals surface area (Å²) in [6.07, 6.45) is 1.31. The molecule has 1 N–H and O–H groups in total. The van der Waals surface area contributed by atoms with Gasteiger partial charge in [-0.1, -0.05) is 29.8 Å². The van der Waals surface area contributed by atoms with Gasteiger partial charge in [0.25, 0.3) is 0 Å². The van der Waals surface area contributed by atoms with Crippen molar-refractivity contribution in [3.05, 3.63) is 59.5 Å². The van der Waals surface area contributed by atoms with Gasteiger partial charge in [-0.2, -0.15) is 0 Å². The molecule has 1 atom stereocenters. The first-order valence-corrected chi connectivity index (χ1v) is 13.0. The molecule has 172 valence electrons. The number of rotatable bonds is 6. The Balaban J connectivity index is 1.41. The Morgan fingerprint density at radius 1 is 1.15 bits per heavy atom. The molecule has 1 fully saturated rings. The molecule has 0 spiro atoms. The molecule has 1 aliphatic rings. The van der Waals surface area contributed by atoms with Crippen LogP contribution in [0.4, 0.5) is 16.5 Å². The van der Waals surface area contributed by atoms with Crippen LogP contribution in [0.25, 0.3) is 11.3 Å². The number of hydrogen-bond acceptors (Lipinski definition) is 6. The lowest BCUT2D eigenvalue weighted by Gasteiger charge is -2.16. The van der Waals surface area contributed by atoms with Crippen LogP contribution >= 0.6 is 11.3 Å². The van der Waals surface area contributed by atoms with Crippen molar-refractivity contribution in [3.63, 3.8) is 0 Å². The summed E-state index contributed by atoms with van der Waals surface area (Å²) in [4.78, 5) is 31.3. The fourth-order valence-corrected chi connectivity index (χ4v) is 4.79. The van der Waals surface area contributed by atoms with Crippen molar-refractivity contribution in [2.45, 2.75) is 13.3 Å². The van der Waals surface area contributed by atoms with Gasteiger partial charge in [0.2, 0.25) is 21.8 Å². The first-order chi connectivity index (χ1) is 15.6. The number of carbonyl (C=O) groups excluding carboxylic acids is 2. The summed E-state index contributed by atoms with van der Waals surface area (Å²) < 4.78 is 24.6. The van der Waals surface area contributed by atoms with E-state index in [1.807, 2.05) is 36.6 Å². The minimum absolute atomic E-state index is 0.0713. The monoisotopic (exact) mass is 484 g/mol. The van der Waals surface area contributed by atoms with E-state index in [-0.39, 0.29) is 18.2 Å². The fraction of sp³-hybridized carbons (Fsp3) is 0.261. The number of benzene rings is 2. The Labute approximate surface area is 196 Å². The largest absolute Gasteiger partial charge is 0.312 e. The van der Waals surface area contributed by atoms with E-state index in [0.717, 1.165) is 23.1 Å². The predicted molar refractivity (Wildman–Crippen MR) is 131 cm³/mol. The smallest absolute Gasteiger partial charge is 0.231 e. The van der Waals surface area contributed by atoms with Gasteiger partial charge >= 0.3 is 0 Å². The van der Waals surface area contributed by atoms with E-state index in [1.54, 1.807) is 29.2 Å². The average Bonchev–Trinajstić information content (AvgIpc) is 3.40. The standard InChI is InChI=1S/C23H24N4O4S2/c1-15-4-8-19(9-5-15)27-13-17(12-21(27)28)22(29)25-23-24-20(14-32-23)16-6-10-18(11-7-16)26(2)33(3,30)31/h4-11,14,17H,12-13H2,1-3H3,(H,24,25,29)/t17-/m0/s1. The van der Waals surface area contributed by atoms with Gasteiger partial charge in [-0.25, -0.2) is 13.4 Å².